The lowest BCUT2D eigenvalue weighted by Gasteiger charge is -2.29. The average Bonchev–Trinajstić information content (AvgIpc) is 2.83. The van der Waals surface area contributed by atoms with Crippen LogP contribution in [0, 0.1) is 5.92 Å². The quantitative estimate of drug-likeness (QED) is 0.463. The normalized spacial score (nSPS) is 15.6. The highest BCUT2D eigenvalue weighted by molar-refractivity contribution is 7.99. The van der Waals surface area contributed by atoms with E-state index in [9.17, 15) is 18.0 Å². The van der Waals surface area contributed by atoms with Crippen LogP contribution in [0.1, 0.15) is 63.2 Å². The van der Waals surface area contributed by atoms with Gasteiger partial charge in [-0.1, -0.05) is 20.3 Å². The minimum atomic E-state index is -3.69. The SMILES string of the molecule is CCCCSCCCNC(=O)c1cn(CC)c2ccc(S(=O)(=O)N3CCC(C)CC3)cc2c1=O. The number of nitrogens with zero attached hydrogens (tertiary/aromatic N) is 2. The van der Waals surface area contributed by atoms with Crippen molar-refractivity contribution in [3.63, 3.8) is 0 Å². The zero-order valence-electron chi connectivity index (χ0n) is 20.5. The Morgan fingerprint density at radius 2 is 1.85 bits per heavy atom. The molecular weight excluding hydrogens is 470 g/mol. The van der Waals surface area contributed by atoms with Crippen LogP contribution < -0.4 is 10.7 Å². The fourth-order valence-corrected chi connectivity index (χ4v) is 6.70. The lowest BCUT2D eigenvalue weighted by molar-refractivity contribution is 0.0952. The van der Waals surface area contributed by atoms with Gasteiger partial charge in [-0.2, -0.15) is 16.1 Å². The van der Waals surface area contributed by atoms with Crippen molar-refractivity contribution in [1.29, 1.82) is 0 Å². The second kappa shape index (κ2) is 12.2. The molecule has 1 aliphatic heterocycles. The van der Waals surface area contributed by atoms with Gasteiger partial charge in [0.05, 0.1) is 10.4 Å². The van der Waals surface area contributed by atoms with Gasteiger partial charge in [-0.25, -0.2) is 8.42 Å². The van der Waals surface area contributed by atoms with Crippen LogP contribution >= 0.6 is 11.8 Å². The molecule has 0 unspecified atom stereocenters. The lowest BCUT2D eigenvalue weighted by atomic mass is 10.0. The standard InChI is InChI=1S/C25H37N3O4S2/c1-4-6-15-33-16-7-12-26-25(30)22-18-27(5-2)23-9-8-20(17-21(23)24(22)29)34(31,32)28-13-10-19(3)11-14-28/h8-9,17-19H,4-7,10-16H2,1-3H3,(H,26,30). The van der Waals surface area contributed by atoms with E-state index >= 15 is 0 Å². The summed E-state index contributed by atoms with van der Waals surface area (Å²) in [5.41, 5.74) is 0.246. The number of benzene rings is 1. The van der Waals surface area contributed by atoms with E-state index in [1.807, 2.05) is 23.3 Å². The van der Waals surface area contributed by atoms with E-state index in [4.69, 9.17) is 0 Å². The van der Waals surface area contributed by atoms with Crippen molar-refractivity contribution in [3.8, 4) is 0 Å². The second-order valence-corrected chi connectivity index (χ2v) is 12.2. The van der Waals surface area contributed by atoms with Gasteiger partial charge in [-0.3, -0.25) is 9.59 Å². The minimum absolute atomic E-state index is 0.0503. The fourth-order valence-electron chi connectivity index (χ4n) is 4.15. The molecule has 0 spiro atoms. The van der Waals surface area contributed by atoms with E-state index in [-0.39, 0.29) is 15.8 Å². The van der Waals surface area contributed by atoms with E-state index < -0.39 is 21.4 Å². The molecule has 34 heavy (non-hydrogen) atoms. The van der Waals surface area contributed by atoms with E-state index in [1.165, 1.54) is 23.2 Å². The molecule has 1 amide bonds. The predicted molar refractivity (Wildman–Crippen MR) is 140 cm³/mol. The zero-order valence-corrected chi connectivity index (χ0v) is 22.1. The molecule has 1 fully saturated rings. The highest BCUT2D eigenvalue weighted by Crippen LogP contribution is 2.25. The topological polar surface area (TPSA) is 88.5 Å². The summed E-state index contributed by atoms with van der Waals surface area (Å²) < 4.78 is 29.8. The van der Waals surface area contributed by atoms with E-state index in [1.54, 1.807) is 18.3 Å². The maximum absolute atomic E-state index is 13.3. The van der Waals surface area contributed by atoms with Crippen LogP contribution in [0.25, 0.3) is 10.9 Å². The van der Waals surface area contributed by atoms with Crippen molar-refractivity contribution in [2.75, 3.05) is 31.1 Å². The molecule has 0 radical (unpaired) electrons. The molecule has 9 heteroatoms. The molecule has 1 saturated heterocycles. The fraction of sp³-hybridized carbons (Fsp3) is 0.600. The number of thioether (sulfide) groups is 1. The van der Waals surface area contributed by atoms with Gasteiger partial charge in [0.15, 0.2) is 0 Å². The first-order chi connectivity index (χ1) is 16.3. The van der Waals surface area contributed by atoms with Crippen molar-refractivity contribution in [2.45, 2.75) is 64.3 Å². The van der Waals surface area contributed by atoms with Crippen LogP contribution in [0.15, 0.2) is 34.1 Å². The van der Waals surface area contributed by atoms with Gasteiger partial charge in [-0.05, 0) is 68.2 Å². The number of carbonyl (C=O) groups excluding carboxylic acids is 1. The number of hydrogen-bond donors (Lipinski definition) is 1. The predicted octanol–water partition coefficient (Wildman–Crippen LogP) is 4.10. The monoisotopic (exact) mass is 507 g/mol. The molecule has 188 valence electrons. The zero-order chi connectivity index (χ0) is 24.7. The number of sulfonamides is 1. The molecule has 1 aliphatic rings. The Morgan fingerprint density at radius 1 is 1.15 bits per heavy atom. The summed E-state index contributed by atoms with van der Waals surface area (Å²) >= 11 is 1.87. The Morgan fingerprint density at radius 3 is 2.53 bits per heavy atom. The van der Waals surface area contributed by atoms with Crippen molar-refractivity contribution in [1.82, 2.24) is 14.2 Å². The number of pyridine rings is 1. The van der Waals surface area contributed by atoms with Crippen molar-refractivity contribution in [3.05, 3.63) is 40.2 Å². The number of hydrogen-bond acceptors (Lipinski definition) is 5. The Labute approximate surface area is 207 Å². The summed E-state index contributed by atoms with van der Waals surface area (Å²) in [6.07, 6.45) is 6.45. The second-order valence-electron chi connectivity index (χ2n) is 9.00. The van der Waals surface area contributed by atoms with Gasteiger partial charge in [0.2, 0.25) is 15.5 Å². The number of fused-ring (bicyclic) bond motifs is 1. The molecule has 0 aliphatic carbocycles. The maximum atomic E-state index is 13.3. The van der Waals surface area contributed by atoms with Gasteiger partial charge < -0.3 is 9.88 Å². The van der Waals surface area contributed by atoms with Crippen LogP contribution in [-0.2, 0) is 16.6 Å². The number of piperidine rings is 1. The lowest BCUT2D eigenvalue weighted by Crippen LogP contribution is -2.38. The maximum Gasteiger partial charge on any atom is 0.256 e. The Bertz CT molecular complexity index is 1150. The third-order valence-corrected chi connectivity index (χ3v) is 9.46. The van der Waals surface area contributed by atoms with Gasteiger partial charge >= 0.3 is 0 Å². The highest BCUT2D eigenvalue weighted by atomic mass is 32.2. The first-order valence-corrected chi connectivity index (χ1v) is 14.9. The molecule has 2 heterocycles. The summed E-state index contributed by atoms with van der Waals surface area (Å²) in [5, 5.41) is 3.12. The van der Waals surface area contributed by atoms with Crippen molar-refractivity contribution < 1.29 is 13.2 Å². The van der Waals surface area contributed by atoms with Crippen LogP contribution in [-0.4, -0.2) is 54.3 Å². The number of aromatic nitrogens is 1. The number of unbranched alkanes of at least 4 members (excludes halogenated alkanes) is 1. The third kappa shape index (κ3) is 6.23. The number of rotatable bonds is 11. The summed E-state index contributed by atoms with van der Waals surface area (Å²) in [7, 11) is -3.69. The Hall–Kier alpha value is -1.84. The Balaban J connectivity index is 1.83. The van der Waals surface area contributed by atoms with Gasteiger partial charge in [-0.15, -0.1) is 0 Å². The van der Waals surface area contributed by atoms with Crippen LogP contribution in [0.2, 0.25) is 0 Å². The number of nitrogens with one attached hydrogen (secondary N) is 1. The third-order valence-electron chi connectivity index (χ3n) is 6.41. The van der Waals surface area contributed by atoms with Gasteiger partial charge in [0, 0.05) is 37.8 Å². The molecule has 1 aromatic carbocycles. The highest BCUT2D eigenvalue weighted by Gasteiger charge is 2.28. The van der Waals surface area contributed by atoms with Crippen LogP contribution in [0.5, 0.6) is 0 Å². The smallest absolute Gasteiger partial charge is 0.256 e. The molecule has 1 aromatic heterocycles. The van der Waals surface area contributed by atoms with E-state index in [0.29, 0.717) is 37.6 Å². The van der Waals surface area contributed by atoms with Gasteiger partial charge in [0.25, 0.3) is 5.91 Å². The molecule has 3 rings (SSSR count). The molecule has 1 N–H and O–H groups in total. The molecule has 0 atom stereocenters. The number of amides is 1. The molecule has 0 saturated carbocycles. The molecule has 0 bridgehead atoms. The first-order valence-electron chi connectivity index (χ1n) is 12.3. The first kappa shape index (κ1) is 26.8. The molecular formula is C25H37N3O4S2. The summed E-state index contributed by atoms with van der Waals surface area (Å²) in [6.45, 7) is 8.26. The summed E-state index contributed by atoms with van der Waals surface area (Å²) in [5.74, 6) is 2.19. The van der Waals surface area contributed by atoms with E-state index in [2.05, 4.69) is 19.2 Å². The Kier molecular flexibility index (Phi) is 9.62. The average molecular weight is 508 g/mol. The van der Waals surface area contributed by atoms with Crippen molar-refractivity contribution in [2.24, 2.45) is 5.92 Å². The molecule has 7 nitrogen and oxygen atoms in total. The minimum Gasteiger partial charge on any atom is -0.352 e. The number of aryl methyl sites for hydroxylation is 1. The largest absolute Gasteiger partial charge is 0.352 e. The van der Waals surface area contributed by atoms with E-state index in [0.717, 1.165) is 30.8 Å². The summed E-state index contributed by atoms with van der Waals surface area (Å²) in [4.78, 5) is 26.2. The van der Waals surface area contributed by atoms with Gasteiger partial charge in [0.1, 0.15) is 5.56 Å². The van der Waals surface area contributed by atoms with Crippen molar-refractivity contribution >= 4 is 38.6 Å². The van der Waals surface area contributed by atoms with Crippen LogP contribution in [0.4, 0.5) is 0 Å². The summed E-state index contributed by atoms with van der Waals surface area (Å²) in [6, 6.07) is 4.69. The number of carbonyl (C=O) groups is 1. The van der Waals surface area contributed by atoms with Crippen LogP contribution in [0.3, 0.4) is 0 Å². The molecule has 2 aromatic rings.